The Morgan fingerprint density at radius 1 is 0.926 bits per heavy atom. The second-order valence-electron chi connectivity index (χ2n) is 6.24. The van der Waals surface area contributed by atoms with Gasteiger partial charge in [0, 0.05) is 19.8 Å². The molecular weight excluding hydrogens is 349 g/mol. The van der Waals surface area contributed by atoms with E-state index in [1.54, 1.807) is 6.07 Å². The van der Waals surface area contributed by atoms with Crippen LogP contribution in [-0.4, -0.2) is 29.8 Å². The first-order valence-corrected chi connectivity index (χ1v) is 8.50. The molecule has 0 spiro atoms. The molecule has 0 fully saturated rings. The number of hydrogen-bond donors (Lipinski definition) is 3. The molecule has 2 aromatic carbocycles. The maximum absolute atomic E-state index is 13.3. The van der Waals surface area contributed by atoms with E-state index in [4.69, 9.17) is 5.73 Å². The molecule has 4 N–H and O–H groups in total. The number of hydrogen-bond acceptors (Lipinski definition) is 3. The molecule has 0 saturated heterocycles. The van der Waals surface area contributed by atoms with Gasteiger partial charge in [0.05, 0.1) is 0 Å². The van der Waals surface area contributed by atoms with Crippen molar-refractivity contribution in [3.05, 3.63) is 71.5 Å². The van der Waals surface area contributed by atoms with Crippen LogP contribution in [0.25, 0.3) is 0 Å². The lowest BCUT2D eigenvalue weighted by Crippen LogP contribution is -2.54. The highest BCUT2D eigenvalue weighted by Gasteiger charge is 2.25. The van der Waals surface area contributed by atoms with Crippen molar-refractivity contribution in [3.63, 3.8) is 0 Å². The monoisotopic (exact) mass is 371 g/mol. The normalized spacial score (nSPS) is 12.7. The van der Waals surface area contributed by atoms with Gasteiger partial charge in [0.1, 0.15) is 17.9 Å². The summed E-state index contributed by atoms with van der Waals surface area (Å²) < 4.78 is 13.3. The van der Waals surface area contributed by atoms with E-state index >= 15 is 0 Å². The minimum atomic E-state index is -1.02. The number of primary amides is 1. The molecule has 0 unspecified atom stereocenters. The van der Waals surface area contributed by atoms with Crippen molar-refractivity contribution in [2.24, 2.45) is 5.73 Å². The van der Waals surface area contributed by atoms with Gasteiger partial charge >= 0.3 is 0 Å². The van der Waals surface area contributed by atoms with Crippen LogP contribution in [0.15, 0.2) is 54.6 Å². The highest BCUT2D eigenvalue weighted by atomic mass is 19.1. The Morgan fingerprint density at radius 3 is 2.15 bits per heavy atom. The molecule has 0 radical (unpaired) electrons. The van der Waals surface area contributed by atoms with E-state index in [2.05, 4.69) is 10.6 Å². The number of nitrogens with two attached hydrogens (primary N) is 1. The average molecular weight is 371 g/mol. The maximum atomic E-state index is 13.3. The second kappa shape index (κ2) is 9.47. The van der Waals surface area contributed by atoms with Gasteiger partial charge in [0.25, 0.3) is 0 Å². The SMILES string of the molecule is CC(=O)N[C@H](Cc1ccccc1)C(=O)N[C@H](Cc1cccc(F)c1)C(N)=O. The Bertz CT molecular complexity index is 811. The zero-order chi connectivity index (χ0) is 19.8. The zero-order valence-corrected chi connectivity index (χ0v) is 14.9. The van der Waals surface area contributed by atoms with Crippen molar-refractivity contribution in [1.82, 2.24) is 10.6 Å². The molecule has 0 aliphatic carbocycles. The lowest BCUT2D eigenvalue weighted by atomic mass is 10.0. The first-order valence-electron chi connectivity index (χ1n) is 8.50. The smallest absolute Gasteiger partial charge is 0.243 e. The van der Waals surface area contributed by atoms with Crippen molar-refractivity contribution >= 4 is 17.7 Å². The van der Waals surface area contributed by atoms with Crippen LogP contribution in [0.2, 0.25) is 0 Å². The summed E-state index contributed by atoms with van der Waals surface area (Å²) in [6.45, 7) is 1.31. The van der Waals surface area contributed by atoms with Crippen LogP contribution < -0.4 is 16.4 Å². The fraction of sp³-hybridized carbons (Fsp3) is 0.250. The zero-order valence-electron chi connectivity index (χ0n) is 14.9. The molecule has 2 rings (SSSR count). The summed E-state index contributed by atoms with van der Waals surface area (Å²) >= 11 is 0. The van der Waals surface area contributed by atoms with Gasteiger partial charge in [-0.25, -0.2) is 4.39 Å². The maximum Gasteiger partial charge on any atom is 0.243 e. The minimum Gasteiger partial charge on any atom is -0.368 e. The predicted octanol–water partition coefficient (Wildman–Crippen LogP) is 1.09. The Morgan fingerprint density at radius 2 is 1.56 bits per heavy atom. The van der Waals surface area contributed by atoms with Crippen LogP contribution >= 0.6 is 0 Å². The van der Waals surface area contributed by atoms with E-state index in [-0.39, 0.29) is 18.7 Å². The third-order valence-electron chi connectivity index (χ3n) is 3.97. The summed E-state index contributed by atoms with van der Waals surface area (Å²) in [4.78, 5) is 35.9. The quantitative estimate of drug-likeness (QED) is 0.647. The Kier molecular flexibility index (Phi) is 7.05. The number of carbonyl (C=O) groups excluding carboxylic acids is 3. The molecule has 2 atom stereocenters. The number of carbonyl (C=O) groups is 3. The fourth-order valence-corrected chi connectivity index (χ4v) is 2.70. The van der Waals surface area contributed by atoms with Gasteiger partial charge in [-0.2, -0.15) is 0 Å². The van der Waals surface area contributed by atoms with Gasteiger partial charge in [0.15, 0.2) is 0 Å². The van der Waals surface area contributed by atoms with Gasteiger partial charge in [-0.15, -0.1) is 0 Å². The van der Waals surface area contributed by atoms with Crippen LogP contribution in [0.3, 0.4) is 0 Å². The van der Waals surface area contributed by atoms with E-state index in [0.717, 1.165) is 5.56 Å². The van der Waals surface area contributed by atoms with E-state index in [0.29, 0.717) is 5.56 Å². The first-order chi connectivity index (χ1) is 12.8. The Hall–Kier alpha value is -3.22. The van der Waals surface area contributed by atoms with Gasteiger partial charge in [-0.05, 0) is 23.3 Å². The molecule has 3 amide bonds. The molecule has 0 bridgehead atoms. The number of rotatable bonds is 8. The number of benzene rings is 2. The second-order valence-corrected chi connectivity index (χ2v) is 6.24. The summed E-state index contributed by atoms with van der Waals surface area (Å²) in [6, 6.07) is 13.0. The van der Waals surface area contributed by atoms with E-state index in [9.17, 15) is 18.8 Å². The molecule has 27 heavy (non-hydrogen) atoms. The first kappa shape index (κ1) is 20.1. The number of nitrogens with one attached hydrogen (secondary N) is 2. The number of amides is 3. The van der Waals surface area contributed by atoms with Crippen LogP contribution in [-0.2, 0) is 27.2 Å². The predicted molar refractivity (Wildman–Crippen MR) is 99.0 cm³/mol. The lowest BCUT2D eigenvalue weighted by molar-refractivity contribution is -0.130. The molecule has 6 nitrogen and oxygen atoms in total. The highest BCUT2D eigenvalue weighted by molar-refractivity contribution is 5.91. The van der Waals surface area contributed by atoms with Gasteiger partial charge < -0.3 is 16.4 Å². The summed E-state index contributed by atoms with van der Waals surface area (Å²) in [5.74, 6) is -2.09. The summed E-state index contributed by atoms with van der Waals surface area (Å²) in [5, 5.41) is 5.14. The topological polar surface area (TPSA) is 101 Å². The van der Waals surface area contributed by atoms with Crippen LogP contribution in [0.1, 0.15) is 18.1 Å². The molecule has 7 heteroatoms. The van der Waals surface area contributed by atoms with Gasteiger partial charge in [0.2, 0.25) is 17.7 Å². The molecule has 142 valence electrons. The molecule has 0 saturated carbocycles. The van der Waals surface area contributed by atoms with E-state index < -0.39 is 29.7 Å². The van der Waals surface area contributed by atoms with E-state index in [1.165, 1.54) is 25.1 Å². The lowest BCUT2D eigenvalue weighted by Gasteiger charge is -2.22. The van der Waals surface area contributed by atoms with Crippen molar-refractivity contribution in [2.45, 2.75) is 31.8 Å². The summed E-state index contributed by atoms with van der Waals surface area (Å²) in [7, 11) is 0. The third kappa shape index (κ3) is 6.54. The van der Waals surface area contributed by atoms with Crippen LogP contribution in [0.4, 0.5) is 4.39 Å². The summed E-state index contributed by atoms with van der Waals surface area (Å²) in [5.41, 5.74) is 6.77. The largest absolute Gasteiger partial charge is 0.368 e. The molecule has 2 aromatic rings. The summed E-state index contributed by atoms with van der Waals surface area (Å²) in [6.07, 6.45) is 0.314. The Balaban J connectivity index is 2.11. The molecule has 0 heterocycles. The third-order valence-corrected chi connectivity index (χ3v) is 3.97. The minimum absolute atomic E-state index is 0.0525. The van der Waals surface area contributed by atoms with E-state index in [1.807, 2.05) is 30.3 Å². The average Bonchev–Trinajstić information content (AvgIpc) is 2.61. The van der Waals surface area contributed by atoms with Crippen LogP contribution in [0, 0.1) is 5.82 Å². The number of halogens is 1. The van der Waals surface area contributed by atoms with Gasteiger partial charge in [-0.3, -0.25) is 14.4 Å². The molecule has 0 aliphatic rings. The molecule has 0 aliphatic heterocycles. The molecular formula is C20H22FN3O3. The van der Waals surface area contributed by atoms with Crippen molar-refractivity contribution in [1.29, 1.82) is 0 Å². The van der Waals surface area contributed by atoms with Crippen molar-refractivity contribution < 1.29 is 18.8 Å². The molecule has 0 aromatic heterocycles. The fourth-order valence-electron chi connectivity index (χ4n) is 2.70. The van der Waals surface area contributed by atoms with Crippen molar-refractivity contribution in [3.8, 4) is 0 Å². The van der Waals surface area contributed by atoms with Crippen LogP contribution in [0.5, 0.6) is 0 Å². The van der Waals surface area contributed by atoms with Gasteiger partial charge in [-0.1, -0.05) is 42.5 Å². The standard InChI is InChI=1S/C20H22FN3O3/c1-13(25)23-18(11-14-6-3-2-4-7-14)20(27)24-17(19(22)26)12-15-8-5-9-16(21)10-15/h2-10,17-18H,11-12H2,1H3,(H2,22,26)(H,23,25)(H,24,27)/t17-,18-/m1/s1. The highest BCUT2D eigenvalue weighted by Crippen LogP contribution is 2.08. The Labute approximate surface area is 156 Å². The van der Waals surface area contributed by atoms with Crippen molar-refractivity contribution in [2.75, 3.05) is 0 Å².